The van der Waals surface area contributed by atoms with Gasteiger partial charge in [-0.15, -0.1) is 0 Å². The van der Waals surface area contributed by atoms with Crippen molar-refractivity contribution in [3.05, 3.63) is 92.4 Å². The van der Waals surface area contributed by atoms with Crippen molar-refractivity contribution >= 4 is 62.3 Å². The number of carbonyl (C=O) groups is 2. The van der Waals surface area contributed by atoms with Crippen molar-refractivity contribution in [1.82, 2.24) is 10.2 Å². The first-order valence-electron chi connectivity index (χ1n) is 13.8. The van der Waals surface area contributed by atoms with Gasteiger partial charge < -0.3 is 10.2 Å². The largest absolute Gasteiger partial charge is 0.354 e. The first kappa shape index (κ1) is 33.7. The molecule has 3 aromatic rings. The number of hydrogen-bond acceptors (Lipinski definition) is 4. The van der Waals surface area contributed by atoms with Crippen LogP contribution in [-0.2, 0) is 26.2 Å². The van der Waals surface area contributed by atoms with Gasteiger partial charge in [0.05, 0.1) is 10.6 Å². The zero-order valence-corrected chi connectivity index (χ0v) is 27.2. The van der Waals surface area contributed by atoms with E-state index in [1.807, 2.05) is 13.8 Å². The molecule has 1 N–H and O–H groups in total. The topological polar surface area (TPSA) is 86.8 Å². The van der Waals surface area contributed by atoms with Gasteiger partial charge in [0.15, 0.2) is 0 Å². The Bertz CT molecular complexity index is 1510. The summed E-state index contributed by atoms with van der Waals surface area (Å²) in [5.74, 6) is -0.898. The van der Waals surface area contributed by atoms with E-state index in [0.29, 0.717) is 39.2 Å². The Labute approximate surface area is 263 Å². The molecule has 0 bridgehead atoms. The highest BCUT2D eigenvalue weighted by Crippen LogP contribution is 2.32. The maximum Gasteiger partial charge on any atom is 0.264 e. The smallest absolute Gasteiger partial charge is 0.264 e. The Balaban J connectivity index is 2.10. The van der Waals surface area contributed by atoms with Gasteiger partial charge in [-0.25, -0.2) is 8.42 Å². The van der Waals surface area contributed by atoms with Crippen LogP contribution in [0.15, 0.2) is 65.6 Å². The van der Waals surface area contributed by atoms with E-state index in [-0.39, 0.29) is 23.0 Å². The molecule has 0 aliphatic heterocycles. The van der Waals surface area contributed by atoms with Crippen molar-refractivity contribution in [2.24, 2.45) is 0 Å². The molecule has 0 fully saturated rings. The molecule has 0 aromatic heterocycles. The molecule has 226 valence electrons. The number of sulfonamides is 1. The summed E-state index contributed by atoms with van der Waals surface area (Å²) >= 11 is 19.0. The molecule has 0 aliphatic rings. The van der Waals surface area contributed by atoms with Gasteiger partial charge in [-0.2, -0.15) is 0 Å². The van der Waals surface area contributed by atoms with Gasteiger partial charge in [-0.05, 0) is 74.2 Å². The predicted octanol–water partition coefficient (Wildman–Crippen LogP) is 7.18. The maximum atomic E-state index is 14.2. The van der Waals surface area contributed by atoms with E-state index < -0.39 is 28.5 Å². The lowest BCUT2D eigenvalue weighted by molar-refractivity contribution is -0.140. The van der Waals surface area contributed by atoms with Crippen LogP contribution in [0.2, 0.25) is 15.1 Å². The highest BCUT2D eigenvalue weighted by molar-refractivity contribution is 7.92. The lowest BCUT2D eigenvalue weighted by atomic mass is 10.1. The summed E-state index contributed by atoms with van der Waals surface area (Å²) in [5, 5.41) is 4.02. The summed E-state index contributed by atoms with van der Waals surface area (Å²) < 4.78 is 29.2. The number of benzene rings is 3. The fourth-order valence-corrected chi connectivity index (χ4v) is 6.59. The van der Waals surface area contributed by atoms with Gasteiger partial charge in [0, 0.05) is 28.2 Å². The number of nitrogens with one attached hydrogen (secondary N) is 1. The molecular weight excluding hydrogens is 617 g/mol. The molecule has 0 heterocycles. The summed E-state index contributed by atoms with van der Waals surface area (Å²) in [7, 11) is -4.21. The van der Waals surface area contributed by atoms with Crippen molar-refractivity contribution in [2.45, 2.75) is 64.4 Å². The minimum atomic E-state index is -4.21. The molecule has 0 aliphatic carbocycles. The van der Waals surface area contributed by atoms with Crippen LogP contribution in [-0.4, -0.2) is 44.3 Å². The number of nitrogens with zero attached hydrogens (tertiary/aromatic N) is 2. The lowest BCUT2D eigenvalue weighted by Gasteiger charge is -2.34. The number of hydrogen-bond donors (Lipinski definition) is 1. The molecule has 3 aromatic carbocycles. The summed E-state index contributed by atoms with van der Waals surface area (Å²) in [6.07, 6.45) is 1.98. The number of aryl methyl sites for hydroxylation is 1. The number of halogens is 3. The van der Waals surface area contributed by atoms with E-state index in [1.54, 1.807) is 62.4 Å². The van der Waals surface area contributed by atoms with E-state index in [9.17, 15) is 18.0 Å². The second-order valence-corrected chi connectivity index (χ2v) is 13.1. The summed E-state index contributed by atoms with van der Waals surface area (Å²) in [6, 6.07) is 15.3. The van der Waals surface area contributed by atoms with E-state index >= 15 is 0 Å². The Morgan fingerprint density at radius 2 is 1.62 bits per heavy atom. The quantitative estimate of drug-likeness (QED) is 0.198. The molecule has 0 spiro atoms. The SMILES string of the molecule is CCCCNC(=O)C(CC)N(Cc1ccc(Cl)cc1Cl)C(=O)CN(c1cccc(Cl)c1C)S(=O)(=O)c1ccc(C)cc1. The molecule has 11 heteroatoms. The van der Waals surface area contributed by atoms with Crippen LogP contribution in [0.25, 0.3) is 0 Å². The van der Waals surface area contributed by atoms with Crippen LogP contribution in [0.4, 0.5) is 5.69 Å². The second kappa shape index (κ2) is 15.1. The maximum absolute atomic E-state index is 14.2. The first-order chi connectivity index (χ1) is 19.9. The zero-order valence-electron chi connectivity index (χ0n) is 24.2. The number of amides is 2. The summed E-state index contributed by atoms with van der Waals surface area (Å²) in [6.45, 7) is 7.24. The minimum absolute atomic E-state index is 0.0249. The molecule has 1 unspecified atom stereocenters. The first-order valence-corrected chi connectivity index (χ1v) is 16.3. The lowest BCUT2D eigenvalue weighted by Crippen LogP contribution is -2.52. The average molecular weight is 653 g/mol. The number of unbranched alkanes of at least 4 members (excludes halogenated alkanes) is 1. The van der Waals surface area contributed by atoms with Crippen molar-refractivity contribution in [1.29, 1.82) is 0 Å². The molecule has 3 rings (SSSR count). The van der Waals surface area contributed by atoms with E-state index in [4.69, 9.17) is 34.8 Å². The fourth-order valence-electron chi connectivity index (χ4n) is 4.48. The second-order valence-electron chi connectivity index (χ2n) is 10.0. The van der Waals surface area contributed by atoms with Crippen molar-refractivity contribution in [3.63, 3.8) is 0 Å². The normalized spacial score (nSPS) is 12.1. The van der Waals surface area contributed by atoms with E-state index in [2.05, 4.69) is 5.32 Å². The third-order valence-electron chi connectivity index (χ3n) is 6.97. The monoisotopic (exact) mass is 651 g/mol. The predicted molar refractivity (Wildman–Crippen MR) is 171 cm³/mol. The molecule has 7 nitrogen and oxygen atoms in total. The standard InChI is InChI=1S/C31H36Cl3N3O4S/c1-5-7-17-35-31(39)28(6-2)36(19-23-13-14-24(32)18-27(23)34)30(38)20-37(29-10-8-9-26(33)22(29)4)42(40,41)25-15-11-21(3)12-16-25/h8-16,18,28H,5-7,17,19-20H2,1-4H3,(H,35,39). The van der Waals surface area contributed by atoms with Crippen molar-refractivity contribution in [3.8, 4) is 0 Å². The Morgan fingerprint density at radius 3 is 2.24 bits per heavy atom. The van der Waals surface area contributed by atoms with E-state index in [0.717, 1.165) is 22.7 Å². The van der Waals surface area contributed by atoms with Crippen LogP contribution in [0, 0.1) is 13.8 Å². The molecule has 1 atom stereocenters. The Morgan fingerprint density at radius 1 is 0.929 bits per heavy atom. The van der Waals surface area contributed by atoms with Crippen LogP contribution in [0.3, 0.4) is 0 Å². The van der Waals surface area contributed by atoms with Crippen LogP contribution in [0.1, 0.15) is 49.8 Å². The minimum Gasteiger partial charge on any atom is -0.354 e. The molecule has 0 saturated heterocycles. The van der Waals surface area contributed by atoms with Gasteiger partial charge in [0.1, 0.15) is 12.6 Å². The molecule has 0 saturated carbocycles. The number of carbonyl (C=O) groups excluding carboxylic acids is 2. The van der Waals surface area contributed by atoms with Crippen molar-refractivity contribution in [2.75, 3.05) is 17.4 Å². The van der Waals surface area contributed by atoms with E-state index in [1.165, 1.54) is 17.0 Å². The third-order valence-corrected chi connectivity index (χ3v) is 9.74. The van der Waals surface area contributed by atoms with Crippen LogP contribution in [0.5, 0.6) is 0 Å². The number of rotatable bonds is 13. The zero-order chi connectivity index (χ0) is 31.0. The van der Waals surface area contributed by atoms with Crippen molar-refractivity contribution < 1.29 is 18.0 Å². The van der Waals surface area contributed by atoms with Crippen LogP contribution >= 0.6 is 34.8 Å². The van der Waals surface area contributed by atoms with Gasteiger partial charge in [-0.1, -0.05) is 84.9 Å². The highest BCUT2D eigenvalue weighted by Gasteiger charge is 2.34. The molecule has 42 heavy (non-hydrogen) atoms. The Hall–Kier alpha value is -2.78. The summed E-state index contributed by atoms with van der Waals surface area (Å²) in [4.78, 5) is 28.9. The molecule has 2 amide bonds. The third kappa shape index (κ3) is 8.19. The Kier molecular flexibility index (Phi) is 12.1. The van der Waals surface area contributed by atoms with Gasteiger partial charge >= 0.3 is 0 Å². The summed E-state index contributed by atoms with van der Waals surface area (Å²) in [5.41, 5.74) is 2.23. The molecular formula is C31H36Cl3N3O4S. The number of anilines is 1. The van der Waals surface area contributed by atoms with Gasteiger partial charge in [0.25, 0.3) is 10.0 Å². The van der Waals surface area contributed by atoms with Gasteiger partial charge in [0.2, 0.25) is 11.8 Å². The average Bonchev–Trinajstić information content (AvgIpc) is 2.94. The van der Waals surface area contributed by atoms with Crippen LogP contribution < -0.4 is 9.62 Å². The fraction of sp³-hybridized carbons (Fsp3) is 0.355. The highest BCUT2D eigenvalue weighted by atomic mass is 35.5. The van der Waals surface area contributed by atoms with Gasteiger partial charge in [-0.3, -0.25) is 13.9 Å². The molecule has 0 radical (unpaired) electrons.